The molecule has 0 aliphatic heterocycles. The number of carbonyl (C=O) groups excluding carboxylic acids is 1. The number of carbonyl (C=O) groups is 1. The Bertz CT molecular complexity index is 932. The van der Waals surface area contributed by atoms with E-state index in [1.807, 2.05) is 20.8 Å². The molecule has 1 amide bonds. The summed E-state index contributed by atoms with van der Waals surface area (Å²) in [5.74, 6) is 0.168. The lowest BCUT2D eigenvalue weighted by molar-refractivity contribution is 0.102. The summed E-state index contributed by atoms with van der Waals surface area (Å²) in [6.07, 6.45) is 1.48. The molecule has 6 nitrogen and oxygen atoms in total. The molecule has 0 atom stereocenters. The SMILES string of the molecule is CC(C)(C)c1nc2cc(NC(=O)c3ccc[nH]c3=O)ccc2o1. The van der Waals surface area contributed by atoms with Crippen LogP contribution in [0.5, 0.6) is 0 Å². The minimum atomic E-state index is -0.467. The maximum atomic E-state index is 12.2. The van der Waals surface area contributed by atoms with E-state index in [1.165, 1.54) is 12.3 Å². The topological polar surface area (TPSA) is 88.0 Å². The molecule has 6 heteroatoms. The van der Waals surface area contributed by atoms with Crippen LogP contribution in [0.15, 0.2) is 45.7 Å². The van der Waals surface area contributed by atoms with Crippen LogP contribution in [0, 0.1) is 0 Å². The van der Waals surface area contributed by atoms with Gasteiger partial charge in [0.25, 0.3) is 11.5 Å². The number of nitrogens with zero attached hydrogens (tertiary/aromatic N) is 1. The van der Waals surface area contributed by atoms with Gasteiger partial charge in [-0.15, -0.1) is 0 Å². The van der Waals surface area contributed by atoms with Crippen LogP contribution in [0.2, 0.25) is 0 Å². The predicted octanol–water partition coefficient (Wildman–Crippen LogP) is 3.07. The normalized spacial score (nSPS) is 11.6. The van der Waals surface area contributed by atoms with Crippen LogP contribution in [0.1, 0.15) is 37.0 Å². The van der Waals surface area contributed by atoms with E-state index in [9.17, 15) is 9.59 Å². The number of aromatic amines is 1. The zero-order chi connectivity index (χ0) is 16.6. The van der Waals surface area contributed by atoms with Crippen LogP contribution in [0.4, 0.5) is 5.69 Å². The Hall–Kier alpha value is -2.89. The molecule has 0 spiro atoms. The second kappa shape index (κ2) is 5.39. The smallest absolute Gasteiger partial charge is 0.261 e. The maximum Gasteiger partial charge on any atom is 0.261 e. The molecule has 0 aliphatic carbocycles. The number of rotatable bonds is 2. The van der Waals surface area contributed by atoms with E-state index in [1.54, 1.807) is 24.3 Å². The van der Waals surface area contributed by atoms with Crippen molar-refractivity contribution in [3.8, 4) is 0 Å². The van der Waals surface area contributed by atoms with Crippen molar-refractivity contribution in [3.05, 3.63) is 58.3 Å². The first-order valence-electron chi connectivity index (χ1n) is 7.25. The molecule has 0 saturated carbocycles. The lowest BCUT2D eigenvalue weighted by Gasteiger charge is -2.11. The summed E-state index contributed by atoms with van der Waals surface area (Å²) in [7, 11) is 0. The van der Waals surface area contributed by atoms with Crippen molar-refractivity contribution in [3.63, 3.8) is 0 Å². The summed E-state index contributed by atoms with van der Waals surface area (Å²) in [6, 6.07) is 8.27. The average Bonchev–Trinajstić information content (AvgIpc) is 2.91. The van der Waals surface area contributed by atoms with Crippen LogP contribution in [0.25, 0.3) is 11.1 Å². The minimum absolute atomic E-state index is 0.0585. The Kier molecular flexibility index (Phi) is 3.52. The van der Waals surface area contributed by atoms with Gasteiger partial charge in [-0.1, -0.05) is 20.8 Å². The van der Waals surface area contributed by atoms with Crippen LogP contribution < -0.4 is 10.9 Å². The van der Waals surface area contributed by atoms with Crippen LogP contribution in [-0.4, -0.2) is 15.9 Å². The number of oxazole rings is 1. The van der Waals surface area contributed by atoms with Gasteiger partial charge in [0.1, 0.15) is 11.1 Å². The molecule has 2 heterocycles. The molecule has 0 unspecified atom stereocenters. The van der Waals surface area contributed by atoms with E-state index < -0.39 is 11.5 Å². The van der Waals surface area contributed by atoms with Gasteiger partial charge in [0.15, 0.2) is 5.58 Å². The number of hydrogen-bond acceptors (Lipinski definition) is 4. The molecule has 3 rings (SSSR count). The molecule has 0 bridgehead atoms. The highest BCUT2D eigenvalue weighted by Crippen LogP contribution is 2.27. The monoisotopic (exact) mass is 311 g/mol. The van der Waals surface area contributed by atoms with Gasteiger partial charge in [-0.3, -0.25) is 9.59 Å². The molecule has 0 radical (unpaired) electrons. The lowest BCUT2D eigenvalue weighted by atomic mass is 9.97. The average molecular weight is 311 g/mol. The fourth-order valence-corrected chi connectivity index (χ4v) is 2.12. The first-order chi connectivity index (χ1) is 10.8. The number of aromatic nitrogens is 2. The summed E-state index contributed by atoms with van der Waals surface area (Å²) in [4.78, 5) is 30.7. The molecule has 23 heavy (non-hydrogen) atoms. The van der Waals surface area contributed by atoms with Crippen molar-refractivity contribution in [1.29, 1.82) is 0 Å². The van der Waals surface area contributed by atoms with Gasteiger partial charge in [0, 0.05) is 17.3 Å². The third-order valence-corrected chi connectivity index (χ3v) is 3.35. The summed E-state index contributed by atoms with van der Waals surface area (Å²) in [6.45, 7) is 6.05. The first-order valence-corrected chi connectivity index (χ1v) is 7.25. The molecule has 3 aromatic rings. The van der Waals surface area contributed by atoms with Crippen molar-refractivity contribution in [2.75, 3.05) is 5.32 Å². The Morgan fingerprint density at radius 3 is 2.74 bits per heavy atom. The highest BCUT2D eigenvalue weighted by atomic mass is 16.3. The maximum absolute atomic E-state index is 12.2. The van der Waals surface area contributed by atoms with E-state index in [2.05, 4.69) is 15.3 Å². The highest BCUT2D eigenvalue weighted by Gasteiger charge is 2.21. The molecule has 2 aromatic heterocycles. The highest BCUT2D eigenvalue weighted by molar-refractivity contribution is 6.04. The molecular weight excluding hydrogens is 294 g/mol. The van der Waals surface area contributed by atoms with Gasteiger partial charge in [0.05, 0.1) is 0 Å². The number of H-pyrrole nitrogens is 1. The number of benzene rings is 1. The third kappa shape index (κ3) is 3.01. The van der Waals surface area contributed by atoms with Gasteiger partial charge in [-0.05, 0) is 30.3 Å². The Morgan fingerprint density at radius 1 is 1.26 bits per heavy atom. The molecule has 0 saturated heterocycles. The number of nitrogens with one attached hydrogen (secondary N) is 2. The molecule has 1 aromatic carbocycles. The summed E-state index contributed by atoms with van der Waals surface area (Å²) < 4.78 is 5.72. The van der Waals surface area contributed by atoms with Gasteiger partial charge < -0.3 is 14.7 Å². The standard InChI is InChI=1S/C17H17N3O3/c1-17(2,3)16-20-12-9-10(6-7-13(12)23-16)19-15(22)11-5-4-8-18-14(11)21/h4-9H,1-3H3,(H,18,21)(H,19,22). The van der Waals surface area contributed by atoms with E-state index >= 15 is 0 Å². The molecular formula is C17H17N3O3. The Labute approximate surface area is 132 Å². The number of anilines is 1. The fourth-order valence-electron chi connectivity index (χ4n) is 2.12. The number of fused-ring (bicyclic) bond motifs is 1. The van der Waals surface area contributed by atoms with Crippen LogP contribution >= 0.6 is 0 Å². The van der Waals surface area contributed by atoms with Crippen molar-refractivity contribution in [1.82, 2.24) is 9.97 Å². The second-order valence-electron chi connectivity index (χ2n) is 6.32. The summed E-state index contributed by atoms with van der Waals surface area (Å²) in [5.41, 5.74) is 1.31. The Morgan fingerprint density at radius 2 is 2.04 bits per heavy atom. The van der Waals surface area contributed by atoms with Gasteiger partial charge in [-0.2, -0.15) is 0 Å². The molecule has 2 N–H and O–H groups in total. The first kappa shape index (κ1) is 15.0. The van der Waals surface area contributed by atoms with Crippen molar-refractivity contribution in [2.45, 2.75) is 26.2 Å². The van der Waals surface area contributed by atoms with Gasteiger partial charge in [-0.25, -0.2) is 4.98 Å². The van der Waals surface area contributed by atoms with E-state index in [-0.39, 0.29) is 11.0 Å². The van der Waals surface area contributed by atoms with Crippen LogP contribution in [-0.2, 0) is 5.41 Å². The number of amides is 1. The molecule has 0 fully saturated rings. The van der Waals surface area contributed by atoms with Crippen molar-refractivity contribution >= 4 is 22.7 Å². The predicted molar refractivity (Wildman–Crippen MR) is 87.7 cm³/mol. The van der Waals surface area contributed by atoms with E-state index in [0.29, 0.717) is 22.7 Å². The quantitative estimate of drug-likeness (QED) is 0.761. The molecule has 0 aliphatic rings. The van der Waals surface area contributed by atoms with Gasteiger partial charge in [0.2, 0.25) is 5.89 Å². The number of hydrogen-bond donors (Lipinski definition) is 2. The zero-order valence-electron chi connectivity index (χ0n) is 13.1. The van der Waals surface area contributed by atoms with E-state index in [0.717, 1.165) is 0 Å². The minimum Gasteiger partial charge on any atom is -0.440 e. The van der Waals surface area contributed by atoms with Crippen molar-refractivity contribution < 1.29 is 9.21 Å². The largest absolute Gasteiger partial charge is 0.440 e. The van der Waals surface area contributed by atoms with Crippen LogP contribution in [0.3, 0.4) is 0 Å². The lowest BCUT2D eigenvalue weighted by Crippen LogP contribution is -2.22. The zero-order valence-corrected chi connectivity index (χ0v) is 13.1. The molecule has 118 valence electrons. The third-order valence-electron chi connectivity index (χ3n) is 3.35. The Balaban J connectivity index is 1.91. The summed E-state index contributed by atoms with van der Waals surface area (Å²) in [5, 5.41) is 2.70. The fraction of sp³-hybridized carbons (Fsp3) is 0.235. The number of pyridine rings is 1. The summed E-state index contributed by atoms with van der Waals surface area (Å²) >= 11 is 0. The van der Waals surface area contributed by atoms with Gasteiger partial charge >= 0.3 is 0 Å². The van der Waals surface area contributed by atoms with Crippen molar-refractivity contribution in [2.24, 2.45) is 0 Å². The van der Waals surface area contributed by atoms with E-state index in [4.69, 9.17) is 4.42 Å². The second-order valence-corrected chi connectivity index (χ2v) is 6.32.